The number of aliphatic hydroxyl groups excluding tert-OH is 1. The maximum absolute atomic E-state index is 13.1. The van der Waals surface area contributed by atoms with Gasteiger partial charge in [-0.3, -0.25) is 14.3 Å². The Hall–Kier alpha value is -4.35. The number of aromatic nitrogens is 1. The Labute approximate surface area is 282 Å². The number of aryl methyl sites for hydroxylation is 1. The molecule has 0 bridgehead atoms. The lowest BCUT2D eigenvalue weighted by molar-refractivity contribution is -0.140. The van der Waals surface area contributed by atoms with Crippen molar-refractivity contribution in [1.82, 2.24) is 9.29 Å². The Balaban J connectivity index is 1.28. The van der Waals surface area contributed by atoms with Crippen LogP contribution in [0, 0.1) is 24.7 Å². The number of ether oxygens (including phenoxy) is 2. The lowest BCUT2D eigenvalue weighted by Crippen LogP contribution is -2.52. The Morgan fingerprint density at radius 1 is 1.06 bits per heavy atom. The van der Waals surface area contributed by atoms with Crippen molar-refractivity contribution in [1.29, 1.82) is 0 Å². The maximum Gasteiger partial charge on any atom is 0.312 e. The number of nitrogens with one attached hydrogen (secondary N) is 1. The van der Waals surface area contributed by atoms with E-state index in [9.17, 15) is 28.2 Å². The summed E-state index contributed by atoms with van der Waals surface area (Å²) in [4.78, 5) is 24.5. The molecule has 2 aliphatic carbocycles. The van der Waals surface area contributed by atoms with Gasteiger partial charge in [-0.1, -0.05) is 48.6 Å². The molecule has 0 aliphatic heterocycles. The second kappa shape index (κ2) is 14.4. The highest BCUT2D eigenvalue weighted by atomic mass is 32.2. The number of hydrogen-bond donors (Lipinski definition) is 3. The van der Waals surface area contributed by atoms with Gasteiger partial charge in [-0.25, -0.2) is 8.42 Å². The van der Waals surface area contributed by atoms with Crippen LogP contribution in [0.25, 0.3) is 0 Å². The van der Waals surface area contributed by atoms with Crippen molar-refractivity contribution in [2.24, 2.45) is 17.8 Å². The standard InChI is InChI=1S/C37H44N2O8S/c1-24-32(46-3)20-29(21-33(24)47-4)35(41)30(19-26-17-27-9-5-6-10-28(27)18-26)23-39-16-14-25(22-39)12-13-34(40)38-48(44,45)37(2)15-8-7-11-31(37)36(42)43/h5-11,14-16,20-22,26,30-31,35,41H,12-13,17-19,23H2,1-4H3,(H,38,40)(H,42,43)/t30-,31?,35+,37?/m0/s1. The van der Waals surface area contributed by atoms with Gasteiger partial charge in [0.2, 0.25) is 15.9 Å². The minimum atomic E-state index is -4.34. The Morgan fingerprint density at radius 3 is 2.31 bits per heavy atom. The Bertz CT molecular complexity index is 1780. The Morgan fingerprint density at radius 2 is 1.71 bits per heavy atom. The van der Waals surface area contributed by atoms with Crippen LogP contribution in [-0.4, -0.2) is 54.0 Å². The summed E-state index contributed by atoms with van der Waals surface area (Å²) in [6.45, 7) is 3.72. The minimum absolute atomic E-state index is 0.105. The third-order valence-corrected chi connectivity index (χ3v) is 11.8. The number of carboxylic acids is 1. The van der Waals surface area contributed by atoms with Gasteiger partial charge < -0.3 is 24.3 Å². The van der Waals surface area contributed by atoms with E-state index >= 15 is 0 Å². The molecule has 1 aromatic heterocycles. The zero-order valence-electron chi connectivity index (χ0n) is 27.8. The number of carboxylic acid groups (broad SMARTS) is 1. The van der Waals surface area contributed by atoms with E-state index in [1.54, 1.807) is 14.2 Å². The number of benzene rings is 2. The lowest BCUT2D eigenvalue weighted by atomic mass is 9.85. The third kappa shape index (κ3) is 7.37. The monoisotopic (exact) mass is 676 g/mol. The SMILES string of the molecule is COc1cc([C@@H](O)[C@@H](CC2Cc3ccccc3C2)Cn2ccc(CCC(=O)NS(=O)(=O)C3(C)C=CC=CC3C(=O)O)c2)cc(OC)c1C. The van der Waals surface area contributed by atoms with Crippen LogP contribution in [0.15, 0.2) is 79.2 Å². The molecule has 2 aliphatic rings. The first-order chi connectivity index (χ1) is 22.8. The van der Waals surface area contributed by atoms with E-state index in [2.05, 4.69) is 29.0 Å². The fraction of sp³-hybridized carbons (Fsp3) is 0.405. The molecule has 0 radical (unpaired) electrons. The molecule has 1 heterocycles. The van der Waals surface area contributed by atoms with Gasteiger partial charge in [-0.05, 0) is 85.9 Å². The summed E-state index contributed by atoms with van der Waals surface area (Å²) in [5, 5.41) is 21.4. The molecule has 2 unspecified atom stereocenters. The number of nitrogens with zero attached hydrogens (tertiary/aromatic N) is 1. The van der Waals surface area contributed by atoms with Crippen molar-refractivity contribution in [2.75, 3.05) is 14.2 Å². The van der Waals surface area contributed by atoms with Crippen molar-refractivity contribution in [2.45, 2.75) is 63.3 Å². The van der Waals surface area contributed by atoms with E-state index in [4.69, 9.17) is 9.47 Å². The molecular formula is C37H44N2O8S. The van der Waals surface area contributed by atoms with E-state index in [0.717, 1.165) is 30.4 Å². The molecular weight excluding hydrogens is 632 g/mol. The van der Waals surface area contributed by atoms with Crippen molar-refractivity contribution in [3.05, 3.63) is 107 Å². The van der Waals surface area contributed by atoms with E-state index in [1.165, 1.54) is 42.4 Å². The van der Waals surface area contributed by atoms with Crippen LogP contribution in [0.4, 0.5) is 0 Å². The van der Waals surface area contributed by atoms with E-state index in [-0.39, 0.29) is 18.8 Å². The number of carbonyl (C=O) groups is 2. The average Bonchev–Trinajstić information content (AvgIpc) is 3.69. The molecule has 0 saturated carbocycles. The first-order valence-electron chi connectivity index (χ1n) is 16.1. The molecule has 5 rings (SSSR count). The summed E-state index contributed by atoms with van der Waals surface area (Å²) in [5.41, 5.74) is 5.09. The normalized spacial score (nSPS) is 20.2. The first kappa shape index (κ1) is 35.0. The summed E-state index contributed by atoms with van der Waals surface area (Å²) >= 11 is 0. The molecule has 2 aromatic carbocycles. The molecule has 48 heavy (non-hydrogen) atoms. The highest BCUT2D eigenvalue weighted by Crippen LogP contribution is 2.39. The van der Waals surface area contributed by atoms with Gasteiger partial charge in [0, 0.05) is 36.8 Å². The van der Waals surface area contributed by atoms with E-state index in [1.807, 2.05) is 42.1 Å². The molecule has 0 spiro atoms. The maximum atomic E-state index is 13.1. The van der Waals surface area contributed by atoms with Crippen LogP contribution in [-0.2, 0) is 45.4 Å². The van der Waals surface area contributed by atoms with Crippen LogP contribution >= 0.6 is 0 Å². The fourth-order valence-electron chi connectivity index (χ4n) is 6.99. The number of methoxy groups -OCH3 is 2. The topological polar surface area (TPSA) is 144 Å². The molecule has 3 N–H and O–H groups in total. The summed E-state index contributed by atoms with van der Waals surface area (Å²) in [7, 11) is -1.15. The second-order valence-corrected chi connectivity index (χ2v) is 15.1. The van der Waals surface area contributed by atoms with Crippen LogP contribution in [0.5, 0.6) is 11.5 Å². The molecule has 3 aromatic rings. The molecule has 11 heteroatoms. The van der Waals surface area contributed by atoms with Crippen LogP contribution in [0.2, 0.25) is 0 Å². The van der Waals surface area contributed by atoms with E-state index < -0.39 is 38.7 Å². The quantitative estimate of drug-likeness (QED) is 0.218. The number of aliphatic hydroxyl groups is 1. The van der Waals surface area contributed by atoms with Gasteiger partial charge in [0.1, 0.15) is 16.2 Å². The summed E-state index contributed by atoms with van der Waals surface area (Å²) < 4.78 is 39.7. The summed E-state index contributed by atoms with van der Waals surface area (Å²) in [6.07, 6.45) is 11.4. The predicted octanol–water partition coefficient (Wildman–Crippen LogP) is 4.93. The number of rotatable bonds is 14. The zero-order chi connectivity index (χ0) is 34.6. The second-order valence-electron chi connectivity index (χ2n) is 13.0. The highest BCUT2D eigenvalue weighted by molar-refractivity contribution is 7.91. The molecule has 0 saturated heterocycles. The number of carbonyl (C=O) groups excluding carboxylic acids is 1. The van der Waals surface area contributed by atoms with Crippen molar-refractivity contribution in [3.63, 3.8) is 0 Å². The third-order valence-electron chi connectivity index (χ3n) is 9.78. The molecule has 256 valence electrons. The fourth-order valence-corrected chi connectivity index (χ4v) is 8.38. The van der Waals surface area contributed by atoms with Crippen LogP contribution < -0.4 is 14.2 Å². The molecule has 10 nitrogen and oxygen atoms in total. The number of aliphatic carboxylic acids is 1. The van der Waals surface area contributed by atoms with Gasteiger partial charge in [-0.2, -0.15) is 0 Å². The zero-order valence-corrected chi connectivity index (χ0v) is 28.6. The first-order valence-corrected chi connectivity index (χ1v) is 17.6. The predicted molar refractivity (Wildman–Crippen MR) is 182 cm³/mol. The van der Waals surface area contributed by atoms with Crippen molar-refractivity contribution in [3.8, 4) is 11.5 Å². The molecule has 1 amide bonds. The van der Waals surface area contributed by atoms with Crippen molar-refractivity contribution >= 4 is 21.9 Å². The van der Waals surface area contributed by atoms with Crippen LogP contribution in [0.3, 0.4) is 0 Å². The van der Waals surface area contributed by atoms with Gasteiger partial charge in [0.15, 0.2) is 0 Å². The van der Waals surface area contributed by atoms with Gasteiger partial charge >= 0.3 is 5.97 Å². The highest BCUT2D eigenvalue weighted by Gasteiger charge is 2.48. The lowest BCUT2D eigenvalue weighted by Gasteiger charge is -2.31. The van der Waals surface area contributed by atoms with Gasteiger partial charge in [0.05, 0.1) is 26.2 Å². The number of hydrogen-bond acceptors (Lipinski definition) is 7. The number of allylic oxidation sites excluding steroid dienone is 2. The smallest absolute Gasteiger partial charge is 0.312 e. The van der Waals surface area contributed by atoms with Gasteiger partial charge in [0.25, 0.3) is 0 Å². The summed E-state index contributed by atoms with van der Waals surface area (Å²) in [6, 6.07) is 14.1. The molecule has 4 atom stereocenters. The number of sulfonamides is 1. The minimum Gasteiger partial charge on any atom is -0.496 e. The largest absolute Gasteiger partial charge is 0.496 e. The Kier molecular flexibility index (Phi) is 10.5. The van der Waals surface area contributed by atoms with Crippen LogP contribution in [0.1, 0.15) is 53.7 Å². The average molecular weight is 677 g/mol. The van der Waals surface area contributed by atoms with Gasteiger partial charge in [-0.15, -0.1) is 0 Å². The number of amides is 1. The summed E-state index contributed by atoms with van der Waals surface area (Å²) in [5.74, 6) is -1.84. The molecule has 0 fully saturated rings. The van der Waals surface area contributed by atoms with Crippen molar-refractivity contribution < 1.29 is 37.7 Å². The number of fused-ring (bicyclic) bond motifs is 1. The van der Waals surface area contributed by atoms with E-state index in [0.29, 0.717) is 29.5 Å².